The maximum absolute atomic E-state index is 16.7. The van der Waals surface area contributed by atoms with Gasteiger partial charge >= 0.3 is 12.2 Å². The standard InChI is InChI=1S/C47H52FN9O7S/c1-24(2)41(51-46(60)62-5)43(58)55-13-7-9-36(55)32-17-29(21-49-32)26-11-12-35-28(15-26)19-38-40-31(48)16-27(20-39(40)64-45(57(35)38)34-23-65-54-53-34)30-18-33(50-22-30)37-10-8-14-56(37)44(59)42(25(3)4)52-47(61)63-6/h11-12,15-16,19-25,36-37,41-42,45H,7-10,13-14,17-18H2,1-6H3,(H,51,60)(H,52,61)/t36-,37-,41-,42-,45?/m0/s1. The third kappa shape index (κ3) is 8.16. The number of benzene rings is 2. The van der Waals surface area contributed by atoms with Crippen molar-refractivity contribution in [2.45, 2.75) is 96.6 Å². The van der Waals surface area contributed by atoms with Crippen molar-refractivity contribution in [1.29, 1.82) is 0 Å². The monoisotopic (exact) mass is 905 g/mol. The zero-order valence-electron chi connectivity index (χ0n) is 37.2. The van der Waals surface area contributed by atoms with Crippen LogP contribution in [0, 0.1) is 17.7 Å². The number of alkyl carbamates (subject to hydrolysis) is 2. The van der Waals surface area contributed by atoms with Crippen LogP contribution in [0.25, 0.3) is 33.3 Å². The van der Waals surface area contributed by atoms with E-state index in [1.54, 1.807) is 11.1 Å². The lowest BCUT2D eigenvalue weighted by atomic mass is 9.95. The molecular formula is C47H52FN9O7S. The smallest absolute Gasteiger partial charge is 0.407 e. The van der Waals surface area contributed by atoms with Crippen LogP contribution in [0.2, 0.25) is 0 Å². The zero-order chi connectivity index (χ0) is 45.7. The van der Waals surface area contributed by atoms with Crippen LogP contribution in [-0.2, 0) is 19.1 Å². The van der Waals surface area contributed by atoms with Crippen molar-refractivity contribution < 1.29 is 37.8 Å². The Morgan fingerprint density at radius 2 is 1.38 bits per heavy atom. The maximum Gasteiger partial charge on any atom is 0.407 e. The molecule has 0 bridgehead atoms. The van der Waals surface area contributed by atoms with Crippen molar-refractivity contribution >= 4 is 69.0 Å². The number of rotatable bonds is 11. The molecule has 0 radical (unpaired) electrons. The summed E-state index contributed by atoms with van der Waals surface area (Å²) in [6, 6.07) is 9.56. The largest absolute Gasteiger partial charge is 0.463 e. The average Bonchev–Trinajstić information content (AvgIpc) is 4.15. The Bertz CT molecular complexity index is 2690. The van der Waals surface area contributed by atoms with Gasteiger partial charge in [0.05, 0.1) is 43.1 Å². The van der Waals surface area contributed by atoms with Gasteiger partial charge in [-0.2, -0.15) is 0 Å². The molecule has 4 aromatic rings. The fourth-order valence-corrected chi connectivity index (χ4v) is 10.3. The number of aromatic nitrogens is 3. The van der Waals surface area contributed by atoms with E-state index in [2.05, 4.69) is 26.3 Å². The summed E-state index contributed by atoms with van der Waals surface area (Å²) in [4.78, 5) is 65.0. The third-order valence-electron chi connectivity index (χ3n) is 13.1. The molecule has 0 saturated carbocycles. The van der Waals surface area contributed by atoms with E-state index in [0.29, 0.717) is 54.2 Å². The van der Waals surface area contributed by atoms with Crippen LogP contribution >= 0.6 is 11.5 Å². The van der Waals surface area contributed by atoms with Crippen molar-refractivity contribution in [3.8, 4) is 17.0 Å². The second-order valence-corrected chi connectivity index (χ2v) is 18.4. The van der Waals surface area contributed by atoms with Gasteiger partial charge in [0.25, 0.3) is 0 Å². The van der Waals surface area contributed by atoms with Gasteiger partial charge in [0.15, 0.2) is 0 Å². The topological polar surface area (TPSA) is 182 Å². The van der Waals surface area contributed by atoms with E-state index in [1.807, 2.05) is 73.0 Å². The molecule has 5 atom stereocenters. The first-order valence-corrected chi connectivity index (χ1v) is 22.9. The molecule has 5 aliphatic rings. The molecule has 340 valence electrons. The molecule has 1 unspecified atom stereocenters. The molecule has 9 rings (SSSR count). The number of amides is 4. The highest BCUT2D eigenvalue weighted by Gasteiger charge is 2.41. The number of fused-ring (bicyclic) bond motifs is 5. The number of ether oxygens (including phenoxy) is 3. The lowest BCUT2D eigenvalue weighted by molar-refractivity contribution is -0.134. The average molecular weight is 906 g/mol. The number of hydrogen-bond acceptors (Lipinski definition) is 12. The Hall–Kier alpha value is -6.43. The van der Waals surface area contributed by atoms with E-state index >= 15 is 4.39 Å². The predicted molar refractivity (Wildman–Crippen MR) is 244 cm³/mol. The number of likely N-dealkylation sites (tertiary alicyclic amines) is 2. The normalized spacial score (nSPS) is 21.0. The first-order valence-electron chi connectivity index (χ1n) is 22.1. The number of halogens is 1. The summed E-state index contributed by atoms with van der Waals surface area (Å²) in [7, 11) is 2.55. The Labute approximate surface area is 379 Å². The van der Waals surface area contributed by atoms with Crippen LogP contribution in [0.5, 0.6) is 5.75 Å². The molecule has 16 nitrogen and oxygen atoms in total. The summed E-state index contributed by atoms with van der Waals surface area (Å²) < 4.78 is 39.1. The van der Waals surface area contributed by atoms with Gasteiger partial charge < -0.3 is 34.6 Å². The molecule has 2 fully saturated rings. The molecule has 0 aliphatic carbocycles. The second kappa shape index (κ2) is 17.9. The summed E-state index contributed by atoms with van der Waals surface area (Å²) in [5.74, 6) is -0.712. The van der Waals surface area contributed by atoms with Crippen molar-refractivity contribution in [2.75, 3.05) is 27.3 Å². The van der Waals surface area contributed by atoms with Gasteiger partial charge in [0.1, 0.15) is 29.3 Å². The highest BCUT2D eigenvalue weighted by molar-refractivity contribution is 7.03. The highest BCUT2D eigenvalue weighted by Crippen LogP contribution is 2.47. The number of hydrogen-bond donors (Lipinski definition) is 2. The van der Waals surface area contributed by atoms with E-state index in [0.717, 1.165) is 64.7 Å². The third-order valence-corrected chi connectivity index (χ3v) is 13.7. The van der Waals surface area contributed by atoms with Crippen molar-refractivity contribution in [1.82, 2.24) is 34.6 Å². The summed E-state index contributed by atoms with van der Waals surface area (Å²) in [5, 5.41) is 12.5. The fourth-order valence-electron chi connectivity index (χ4n) is 9.80. The summed E-state index contributed by atoms with van der Waals surface area (Å²) in [6.07, 6.45) is 5.70. The predicted octanol–water partition coefficient (Wildman–Crippen LogP) is 7.35. The van der Waals surface area contributed by atoms with Crippen LogP contribution in [0.3, 0.4) is 0 Å². The molecule has 2 aromatic heterocycles. The molecule has 18 heteroatoms. The number of allylic oxidation sites excluding steroid dienone is 2. The van der Waals surface area contributed by atoms with E-state index in [9.17, 15) is 19.2 Å². The minimum absolute atomic E-state index is 0.134. The van der Waals surface area contributed by atoms with E-state index in [4.69, 9.17) is 24.2 Å². The van der Waals surface area contributed by atoms with Crippen LogP contribution < -0.4 is 15.4 Å². The van der Waals surface area contributed by atoms with E-state index in [1.165, 1.54) is 31.8 Å². The molecule has 0 spiro atoms. The minimum atomic E-state index is -0.747. The number of methoxy groups -OCH3 is 2. The summed E-state index contributed by atoms with van der Waals surface area (Å²) in [5.41, 5.74) is 7.46. The number of carbonyl (C=O) groups is 4. The van der Waals surface area contributed by atoms with Crippen LogP contribution in [0.1, 0.15) is 89.3 Å². The highest BCUT2D eigenvalue weighted by atomic mass is 32.1. The first-order chi connectivity index (χ1) is 31.3. The number of aliphatic imine (C=N–C) groups is 2. The van der Waals surface area contributed by atoms with Gasteiger partial charge in [-0.15, -0.1) is 5.10 Å². The van der Waals surface area contributed by atoms with E-state index < -0.39 is 36.3 Å². The van der Waals surface area contributed by atoms with E-state index in [-0.39, 0.29) is 35.7 Å². The first kappa shape index (κ1) is 43.8. The Morgan fingerprint density at radius 1 is 0.800 bits per heavy atom. The Balaban J connectivity index is 0.954. The van der Waals surface area contributed by atoms with Crippen LogP contribution in [0.15, 0.2) is 64.2 Å². The molecule has 5 aliphatic heterocycles. The zero-order valence-corrected chi connectivity index (χ0v) is 38.0. The van der Waals surface area contributed by atoms with Crippen LogP contribution in [0.4, 0.5) is 14.0 Å². The van der Waals surface area contributed by atoms with Crippen molar-refractivity contribution in [3.63, 3.8) is 0 Å². The maximum atomic E-state index is 16.7. The van der Waals surface area contributed by atoms with Gasteiger partial charge in [0.2, 0.25) is 18.0 Å². The molecule has 2 aromatic carbocycles. The van der Waals surface area contributed by atoms with Gasteiger partial charge in [-0.1, -0.05) is 38.2 Å². The number of carbonyl (C=O) groups excluding carboxylic acids is 4. The molecule has 2 saturated heterocycles. The molecule has 4 amide bonds. The van der Waals surface area contributed by atoms with Gasteiger partial charge in [-0.3, -0.25) is 24.1 Å². The quantitative estimate of drug-likeness (QED) is 0.156. The van der Waals surface area contributed by atoms with Gasteiger partial charge in [-0.25, -0.2) is 14.0 Å². The molecule has 2 N–H and O–H groups in total. The molecular weight excluding hydrogens is 854 g/mol. The SMILES string of the molecule is COC(=O)N[C@H](C(=O)N1CCC[C@H]1C1=NC=C(c2cc(F)c3c(c2)OC(c2csnn2)n2c-3cc3cc(C4=CN=C([C@@H]5CCCN5C(=O)[C@@H](NC(=O)OC)C(C)C)C4)ccc32)C1)C(C)C. The lowest BCUT2D eigenvalue weighted by Crippen LogP contribution is -2.53. The minimum Gasteiger partial charge on any atom is -0.463 e. The lowest BCUT2D eigenvalue weighted by Gasteiger charge is -2.31. The molecule has 65 heavy (non-hydrogen) atoms. The molecule has 7 heterocycles. The summed E-state index contributed by atoms with van der Waals surface area (Å²) >= 11 is 1.21. The Kier molecular flexibility index (Phi) is 12.0. The van der Waals surface area contributed by atoms with Crippen molar-refractivity contribution in [3.05, 3.63) is 76.8 Å². The summed E-state index contributed by atoms with van der Waals surface area (Å²) in [6.45, 7) is 8.67. The number of nitrogens with one attached hydrogen (secondary N) is 2. The Morgan fingerprint density at radius 3 is 1.92 bits per heavy atom. The van der Waals surface area contributed by atoms with Gasteiger partial charge in [0, 0.05) is 60.5 Å². The second-order valence-electron chi connectivity index (χ2n) is 17.8. The number of nitrogens with zero attached hydrogens (tertiary/aromatic N) is 7. The fraction of sp³-hybridized carbons (Fsp3) is 0.447. The van der Waals surface area contributed by atoms with Crippen LogP contribution in [-0.4, -0.2) is 111 Å². The van der Waals surface area contributed by atoms with Gasteiger partial charge in [-0.05, 0) is 102 Å². The van der Waals surface area contributed by atoms with Crippen molar-refractivity contribution in [2.24, 2.45) is 21.8 Å².